The number of ketones is 1. The van der Waals surface area contributed by atoms with Gasteiger partial charge in [-0.25, -0.2) is 4.79 Å². The van der Waals surface area contributed by atoms with Gasteiger partial charge < -0.3 is 29.0 Å². The SMILES string of the molecule is CC12CCC(O)CC13C=CC1(C(C(=O)c4ccc(-c5cc(C(F)(F)F)ccc5Cl)o4)=C3)C2CCC2(C)C1CCC2(O)CN(CC1CCCO1)C(=O)Oc1ccc2ccccc2c1. The normalized spacial score (nSPS) is 34.7. The number of furan rings is 1. The summed E-state index contributed by atoms with van der Waals surface area (Å²) >= 11 is 6.41. The Morgan fingerprint density at radius 1 is 0.903 bits per heavy atom. The van der Waals surface area contributed by atoms with Crippen LogP contribution >= 0.6 is 11.6 Å². The number of ether oxygens (including phenoxy) is 2. The van der Waals surface area contributed by atoms with Crippen molar-refractivity contribution in [1.82, 2.24) is 4.90 Å². The van der Waals surface area contributed by atoms with Crippen LogP contribution in [0.3, 0.4) is 0 Å². The molecule has 12 heteroatoms. The van der Waals surface area contributed by atoms with E-state index < -0.39 is 45.8 Å². The maximum Gasteiger partial charge on any atom is 0.416 e. The topological polar surface area (TPSA) is 109 Å². The fourth-order valence-electron chi connectivity index (χ4n) is 13.2. The smallest absolute Gasteiger partial charge is 0.416 e. The lowest BCUT2D eigenvalue weighted by atomic mass is 9.32. The molecule has 8 nitrogen and oxygen atoms in total. The molecular formula is C50H51ClF3NO7. The van der Waals surface area contributed by atoms with E-state index in [9.17, 15) is 28.2 Å². The Morgan fingerprint density at radius 2 is 1.66 bits per heavy atom. The second kappa shape index (κ2) is 14.6. The summed E-state index contributed by atoms with van der Waals surface area (Å²) in [4.78, 5) is 31.1. The van der Waals surface area contributed by atoms with E-state index in [1.54, 1.807) is 11.0 Å². The van der Waals surface area contributed by atoms with Crippen molar-refractivity contribution in [1.29, 1.82) is 0 Å². The van der Waals surface area contributed by atoms with Crippen molar-refractivity contribution >= 4 is 34.2 Å². The first-order chi connectivity index (χ1) is 29.5. The lowest BCUT2D eigenvalue weighted by molar-refractivity contribution is -0.175. The number of nitrogens with zero attached hydrogens (tertiary/aromatic N) is 1. The van der Waals surface area contributed by atoms with Gasteiger partial charge in [-0.15, -0.1) is 0 Å². The molecule has 2 spiro atoms. The van der Waals surface area contributed by atoms with E-state index in [-0.39, 0.29) is 64.3 Å². The summed E-state index contributed by atoms with van der Waals surface area (Å²) in [6.45, 7) is 5.26. The van der Waals surface area contributed by atoms with Gasteiger partial charge in [-0.3, -0.25) is 4.79 Å². The van der Waals surface area contributed by atoms with E-state index in [1.807, 2.05) is 36.4 Å². The largest absolute Gasteiger partial charge is 0.453 e. The minimum atomic E-state index is -4.61. The molecule has 2 bridgehead atoms. The van der Waals surface area contributed by atoms with Crippen LogP contribution in [0.1, 0.15) is 87.8 Å². The number of amides is 1. The summed E-state index contributed by atoms with van der Waals surface area (Å²) in [7, 11) is 0. The van der Waals surface area contributed by atoms with E-state index in [4.69, 9.17) is 25.5 Å². The number of halogens is 4. The Balaban J connectivity index is 1.01. The summed E-state index contributed by atoms with van der Waals surface area (Å²) in [5.41, 5.74) is -4.24. The average Bonchev–Trinajstić information content (AvgIpc) is 4.00. The van der Waals surface area contributed by atoms with Gasteiger partial charge in [0, 0.05) is 34.0 Å². The Hall–Kier alpha value is -4.42. The highest BCUT2D eigenvalue weighted by molar-refractivity contribution is 6.33. The summed E-state index contributed by atoms with van der Waals surface area (Å²) in [6, 6.07) is 19.3. The first kappa shape index (κ1) is 41.6. The summed E-state index contributed by atoms with van der Waals surface area (Å²) in [5, 5.41) is 26.3. The number of Topliss-reactive ketones (excluding diaryl/α,β-unsaturated/α-hetero) is 1. The van der Waals surface area contributed by atoms with Gasteiger partial charge in [-0.2, -0.15) is 13.2 Å². The molecule has 1 saturated heterocycles. The monoisotopic (exact) mass is 869 g/mol. The van der Waals surface area contributed by atoms with E-state index in [0.29, 0.717) is 56.5 Å². The molecule has 7 aliphatic rings. The van der Waals surface area contributed by atoms with Crippen molar-refractivity contribution in [2.24, 2.45) is 33.5 Å². The van der Waals surface area contributed by atoms with Crippen molar-refractivity contribution < 1.29 is 46.9 Å². The molecule has 3 aromatic carbocycles. The number of aliphatic hydroxyl groups is 2. The van der Waals surface area contributed by atoms with Crippen molar-refractivity contribution in [2.45, 2.75) is 95.6 Å². The van der Waals surface area contributed by atoms with Crippen molar-refractivity contribution in [2.75, 3.05) is 19.7 Å². The predicted molar refractivity (Wildman–Crippen MR) is 228 cm³/mol. The van der Waals surface area contributed by atoms with Crippen molar-refractivity contribution in [3.63, 3.8) is 0 Å². The molecule has 2 N–H and O–H groups in total. The van der Waals surface area contributed by atoms with E-state index in [2.05, 4.69) is 32.1 Å². The standard InChI is InChI=1S/C50H51ClF3NO7/c1-45-18-15-33(56)26-47(45)21-22-49(37(27-47)43(57)40-14-13-39(62-40)36-25-32(50(52,53)54)10-12-38(36)51)41(45)16-19-46(2)42(49)17-20-48(46,59)29-55(28-35-8-5-23-60-35)44(58)61-34-11-9-30-6-3-4-7-31(30)24-34/h3-4,6-7,9-14,21-22,24-25,27,33,35,41-42,56,59H,5,8,15-20,23,26,28-29H2,1-2H3. The Labute approximate surface area is 363 Å². The van der Waals surface area contributed by atoms with Gasteiger partial charge in [-0.05, 0) is 128 Å². The third-order valence-electron chi connectivity index (χ3n) is 16.4. The molecule has 9 atom stereocenters. The number of hydrogen-bond acceptors (Lipinski definition) is 7. The van der Waals surface area contributed by atoms with Gasteiger partial charge in [0.25, 0.3) is 0 Å². The molecule has 11 rings (SSSR count). The van der Waals surface area contributed by atoms with Crippen LogP contribution in [0.5, 0.6) is 5.75 Å². The molecule has 1 aromatic heterocycles. The average molecular weight is 870 g/mol. The van der Waals surface area contributed by atoms with Crippen LogP contribution in [-0.4, -0.2) is 64.5 Å². The molecule has 62 heavy (non-hydrogen) atoms. The molecule has 6 aliphatic carbocycles. The summed E-state index contributed by atoms with van der Waals surface area (Å²) < 4.78 is 59.5. The number of allylic oxidation sites excluding steroid dienone is 4. The number of alkyl halides is 3. The first-order valence-corrected chi connectivity index (χ1v) is 22.3. The Kier molecular flexibility index (Phi) is 9.76. The maximum atomic E-state index is 15.2. The Bertz CT molecular complexity index is 2530. The van der Waals surface area contributed by atoms with Gasteiger partial charge in [0.15, 0.2) is 5.76 Å². The fourth-order valence-corrected chi connectivity index (χ4v) is 13.4. The molecule has 3 saturated carbocycles. The highest BCUT2D eigenvalue weighted by atomic mass is 35.5. The van der Waals surface area contributed by atoms with Crippen LogP contribution in [0.4, 0.5) is 18.0 Å². The third-order valence-corrected chi connectivity index (χ3v) is 16.8. The predicted octanol–water partition coefficient (Wildman–Crippen LogP) is 11.2. The highest BCUT2D eigenvalue weighted by Crippen LogP contribution is 2.78. The molecule has 1 amide bonds. The van der Waals surface area contributed by atoms with Gasteiger partial charge in [0.05, 0.1) is 41.5 Å². The number of aliphatic hydroxyl groups excluding tert-OH is 1. The summed E-state index contributed by atoms with van der Waals surface area (Å²) in [6.07, 6.45) is 6.31. The molecular weight excluding hydrogens is 819 g/mol. The minimum Gasteiger partial charge on any atom is -0.453 e. The van der Waals surface area contributed by atoms with Crippen molar-refractivity contribution in [3.05, 3.63) is 113 Å². The quantitative estimate of drug-likeness (QED) is 0.134. The van der Waals surface area contributed by atoms with Gasteiger partial charge >= 0.3 is 12.3 Å². The minimum absolute atomic E-state index is 0.0103. The molecule has 9 unspecified atom stereocenters. The zero-order valence-corrected chi connectivity index (χ0v) is 35.6. The van der Waals surface area contributed by atoms with Gasteiger partial charge in [0.2, 0.25) is 5.78 Å². The van der Waals surface area contributed by atoms with Crippen LogP contribution < -0.4 is 4.74 Å². The highest BCUT2D eigenvalue weighted by Gasteiger charge is 2.74. The zero-order valence-electron chi connectivity index (χ0n) is 34.8. The number of hydrogen-bond donors (Lipinski definition) is 2. The van der Waals surface area contributed by atoms with Crippen LogP contribution in [0.25, 0.3) is 22.1 Å². The van der Waals surface area contributed by atoms with Gasteiger partial charge in [-0.1, -0.05) is 74.0 Å². The Morgan fingerprint density at radius 3 is 2.44 bits per heavy atom. The van der Waals surface area contributed by atoms with Crippen LogP contribution in [0, 0.1) is 33.5 Å². The van der Waals surface area contributed by atoms with E-state index in [0.717, 1.165) is 42.2 Å². The van der Waals surface area contributed by atoms with E-state index >= 15 is 4.79 Å². The number of fused-ring (bicyclic) bond motifs is 2. The molecule has 326 valence electrons. The lowest BCUT2D eigenvalue weighted by Gasteiger charge is -2.71. The van der Waals surface area contributed by atoms with Crippen molar-refractivity contribution in [3.8, 4) is 17.1 Å². The van der Waals surface area contributed by atoms with Crippen LogP contribution in [-0.2, 0) is 10.9 Å². The van der Waals surface area contributed by atoms with Crippen LogP contribution in [0.15, 0.2) is 101 Å². The number of carbonyl (C=O) groups is 2. The first-order valence-electron chi connectivity index (χ1n) is 21.9. The van der Waals surface area contributed by atoms with Crippen LogP contribution in [0.2, 0.25) is 5.02 Å². The molecule has 4 fully saturated rings. The zero-order chi connectivity index (χ0) is 43.5. The maximum absolute atomic E-state index is 15.2. The van der Waals surface area contributed by atoms with Gasteiger partial charge in [0.1, 0.15) is 11.5 Å². The lowest BCUT2D eigenvalue weighted by Crippen LogP contribution is -2.67. The second-order valence-corrected chi connectivity index (χ2v) is 19.8. The summed E-state index contributed by atoms with van der Waals surface area (Å²) in [5.74, 6) is -0.221. The molecule has 0 radical (unpaired) electrons. The number of rotatable bonds is 8. The third kappa shape index (κ3) is 6.26. The fraction of sp³-hybridized carbons (Fsp3) is 0.480. The number of benzene rings is 3. The number of carbonyl (C=O) groups excluding carboxylic acids is 2. The van der Waals surface area contributed by atoms with E-state index in [1.165, 1.54) is 18.2 Å². The molecule has 4 aromatic rings. The second-order valence-electron chi connectivity index (χ2n) is 19.4. The molecule has 1 aliphatic heterocycles. The molecule has 2 heterocycles.